The molecule has 0 radical (unpaired) electrons. The molecule has 2 aromatic carbocycles. The average molecular weight is 401 g/mol. The van der Waals surface area contributed by atoms with E-state index >= 15 is 0 Å². The van der Waals surface area contributed by atoms with E-state index in [-0.39, 0.29) is 0 Å². The first kappa shape index (κ1) is 19.1. The fourth-order valence-electron chi connectivity index (χ4n) is 4.80. The molecule has 1 atom stereocenters. The molecule has 1 saturated heterocycles. The van der Waals surface area contributed by atoms with Gasteiger partial charge >= 0.3 is 0 Å². The summed E-state index contributed by atoms with van der Waals surface area (Å²) in [6.45, 7) is 7.70. The van der Waals surface area contributed by atoms with Gasteiger partial charge in [0.05, 0.1) is 0 Å². The Morgan fingerprint density at radius 2 is 1.77 bits per heavy atom. The predicted octanol–water partition coefficient (Wildman–Crippen LogP) is 5.47. The maximum absolute atomic E-state index is 5.81. The maximum Gasteiger partial charge on any atom is 0.161 e. The smallest absolute Gasteiger partial charge is 0.161 e. The summed E-state index contributed by atoms with van der Waals surface area (Å²) >= 11 is 0. The zero-order chi connectivity index (χ0) is 20.5. The minimum atomic E-state index is 0.434. The number of ether oxygens (including phenoxy) is 2. The van der Waals surface area contributed by atoms with Gasteiger partial charge in [0.1, 0.15) is 13.2 Å². The Morgan fingerprint density at radius 3 is 2.60 bits per heavy atom. The van der Waals surface area contributed by atoms with Gasteiger partial charge in [0.15, 0.2) is 11.5 Å². The number of fused-ring (bicyclic) bond motifs is 1. The second-order valence-electron chi connectivity index (χ2n) is 8.37. The Morgan fingerprint density at radius 1 is 0.933 bits per heavy atom. The Labute approximate surface area is 178 Å². The van der Waals surface area contributed by atoms with Crippen LogP contribution in [0.3, 0.4) is 0 Å². The minimum Gasteiger partial charge on any atom is -0.486 e. The van der Waals surface area contributed by atoms with Gasteiger partial charge in [-0.2, -0.15) is 0 Å². The topological polar surface area (TPSA) is 34.6 Å². The van der Waals surface area contributed by atoms with Gasteiger partial charge in [-0.1, -0.05) is 24.3 Å². The molecule has 5 rings (SSSR count). The van der Waals surface area contributed by atoms with Crippen molar-refractivity contribution in [1.82, 2.24) is 9.88 Å². The van der Waals surface area contributed by atoms with Crippen molar-refractivity contribution in [3.8, 4) is 22.6 Å². The van der Waals surface area contributed by atoms with E-state index < -0.39 is 0 Å². The lowest BCUT2D eigenvalue weighted by molar-refractivity contribution is 0.170. The van der Waals surface area contributed by atoms with Crippen LogP contribution in [-0.2, 0) is 6.54 Å². The lowest BCUT2D eigenvalue weighted by atomic mass is 9.96. The molecule has 0 saturated carbocycles. The third-order valence-electron chi connectivity index (χ3n) is 6.30. The number of rotatable bonds is 4. The lowest BCUT2D eigenvalue weighted by Gasteiger charge is -2.27. The molecule has 1 unspecified atom stereocenters. The Bertz CT molecular complexity index is 1060. The van der Waals surface area contributed by atoms with E-state index in [0.29, 0.717) is 19.3 Å². The fraction of sp³-hybridized carbons (Fsp3) is 0.346. The third kappa shape index (κ3) is 3.68. The third-order valence-corrected chi connectivity index (χ3v) is 6.30. The van der Waals surface area contributed by atoms with E-state index in [4.69, 9.17) is 9.47 Å². The highest BCUT2D eigenvalue weighted by Gasteiger charge is 2.27. The standard InChI is InChI=1S/C26H28N2O2/c1-18-14-20(5-7-22(18)23-9-10-27-16-19(23)2)17-28-11-3-4-24(28)21-6-8-25-26(15-21)30-13-12-29-25/h5-10,14-16,24H,3-4,11-13,17H2,1-2H3. The van der Waals surface area contributed by atoms with Gasteiger partial charge < -0.3 is 9.47 Å². The monoisotopic (exact) mass is 400 g/mol. The summed E-state index contributed by atoms with van der Waals surface area (Å²) in [7, 11) is 0. The van der Waals surface area contributed by atoms with Crippen LogP contribution in [0.5, 0.6) is 11.5 Å². The molecule has 4 nitrogen and oxygen atoms in total. The van der Waals surface area contributed by atoms with Crippen LogP contribution in [0.4, 0.5) is 0 Å². The molecule has 1 fully saturated rings. The molecule has 4 heteroatoms. The minimum absolute atomic E-state index is 0.434. The summed E-state index contributed by atoms with van der Waals surface area (Å²) in [4.78, 5) is 6.82. The second kappa shape index (κ2) is 8.11. The van der Waals surface area contributed by atoms with Crippen LogP contribution in [0.2, 0.25) is 0 Å². The molecule has 2 aliphatic rings. The Hall–Kier alpha value is -2.85. The number of aromatic nitrogens is 1. The first-order chi connectivity index (χ1) is 14.7. The summed E-state index contributed by atoms with van der Waals surface area (Å²) in [6, 6.07) is 15.9. The number of aryl methyl sites for hydroxylation is 2. The van der Waals surface area contributed by atoms with E-state index in [1.54, 1.807) is 0 Å². The van der Waals surface area contributed by atoms with Crippen LogP contribution in [0.1, 0.15) is 41.1 Å². The molecule has 1 aromatic heterocycles. The second-order valence-corrected chi connectivity index (χ2v) is 8.37. The highest BCUT2D eigenvalue weighted by Crippen LogP contribution is 2.39. The Balaban J connectivity index is 1.36. The molecule has 3 heterocycles. The normalized spacial score (nSPS) is 18.5. The van der Waals surface area contributed by atoms with Crippen molar-refractivity contribution in [3.63, 3.8) is 0 Å². The number of hydrogen-bond acceptors (Lipinski definition) is 4. The lowest BCUT2D eigenvalue weighted by Crippen LogP contribution is -2.23. The maximum atomic E-state index is 5.81. The van der Waals surface area contributed by atoms with E-state index in [1.807, 2.05) is 12.4 Å². The summed E-state index contributed by atoms with van der Waals surface area (Å²) in [5, 5.41) is 0. The van der Waals surface area contributed by atoms with Crippen LogP contribution in [-0.4, -0.2) is 29.6 Å². The first-order valence-corrected chi connectivity index (χ1v) is 10.8. The SMILES string of the molecule is Cc1cnccc1-c1ccc(CN2CCCC2c2ccc3c(c2)OCCO3)cc1C. The van der Waals surface area contributed by atoms with Crippen LogP contribution in [0, 0.1) is 13.8 Å². The number of nitrogens with zero attached hydrogens (tertiary/aromatic N) is 2. The van der Waals surface area contributed by atoms with Gasteiger partial charge in [0.2, 0.25) is 0 Å². The van der Waals surface area contributed by atoms with Crippen molar-refractivity contribution in [2.45, 2.75) is 39.3 Å². The summed E-state index contributed by atoms with van der Waals surface area (Å²) in [5.41, 5.74) is 7.79. The quantitative estimate of drug-likeness (QED) is 0.581. The van der Waals surface area contributed by atoms with Crippen molar-refractivity contribution in [3.05, 3.63) is 77.1 Å². The van der Waals surface area contributed by atoms with Crippen molar-refractivity contribution < 1.29 is 9.47 Å². The summed E-state index contributed by atoms with van der Waals surface area (Å²) in [5.74, 6) is 1.76. The largest absolute Gasteiger partial charge is 0.486 e. The van der Waals surface area contributed by atoms with Crippen molar-refractivity contribution >= 4 is 0 Å². The molecule has 0 bridgehead atoms. The van der Waals surface area contributed by atoms with E-state index in [0.717, 1.165) is 24.6 Å². The molecule has 0 spiro atoms. The van der Waals surface area contributed by atoms with Crippen LogP contribution < -0.4 is 9.47 Å². The van der Waals surface area contributed by atoms with Gasteiger partial charge in [-0.15, -0.1) is 0 Å². The highest BCUT2D eigenvalue weighted by molar-refractivity contribution is 5.70. The molecular formula is C26H28N2O2. The summed E-state index contributed by atoms with van der Waals surface area (Å²) in [6.07, 6.45) is 6.22. The average Bonchev–Trinajstić information content (AvgIpc) is 3.22. The number of hydrogen-bond donors (Lipinski definition) is 0. The molecular weight excluding hydrogens is 372 g/mol. The van der Waals surface area contributed by atoms with Gasteiger partial charge in [0, 0.05) is 25.0 Å². The number of benzene rings is 2. The number of likely N-dealkylation sites (tertiary alicyclic amines) is 1. The number of pyridine rings is 1. The molecule has 0 amide bonds. The van der Waals surface area contributed by atoms with Crippen LogP contribution in [0.25, 0.3) is 11.1 Å². The molecule has 3 aromatic rings. The predicted molar refractivity (Wildman–Crippen MR) is 119 cm³/mol. The highest BCUT2D eigenvalue weighted by atomic mass is 16.6. The van der Waals surface area contributed by atoms with E-state index in [9.17, 15) is 0 Å². The fourth-order valence-corrected chi connectivity index (χ4v) is 4.80. The molecule has 154 valence electrons. The van der Waals surface area contributed by atoms with Crippen molar-refractivity contribution in [1.29, 1.82) is 0 Å². The van der Waals surface area contributed by atoms with Crippen LogP contribution >= 0.6 is 0 Å². The van der Waals surface area contributed by atoms with Gasteiger partial charge in [0.25, 0.3) is 0 Å². The van der Waals surface area contributed by atoms with Crippen molar-refractivity contribution in [2.75, 3.05) is 19.8 Å². The Kier molecular flexibility index (Phi) is 5.17. The van der Waals surface area contributed by atoms with Crippen molar-refractivity contribution in [2.24, 2.45) is 0 Å². The van der Waals surface area contributed by atoms with Gasteiger partial charge in [-0.3, -0.25) is 9.88 Å². The van der Waals surface area contributed by atoms with Gasteiger partial charge in [-0.25, -0.2) is 0 Å². The molecule has 0 aliphatic carbocycles. The zero-order valence-electron chi connectivity index (χ0n) is 17.7. The first-order valence-electron chi connectivity index (χ1n) is 10.8. The molecule has 30 heavy (non-hydrogen) atoms. The summed E-state index contributed by atoms with van der Waals surface area (Å²) < 4.78 is 11.5. The van der Waals surface area contributed by atoms with E-state index in [2.05, 4.69) is 66.2 Å². The van der Waals surface area contributed by atoms with Crippen LogP contribution in [0.15, 0.2) is 54.9 Å². The van der Waals surface area contributed by atoms with E-state index in [1.165, 1.54) is 46.2 Å². The zero-order valence-corrected chi connectivity index (χ0v) is 17.7. The van der Waals surface area contributed by atoms with Gasteiger partial charge in [-0.05, 0) is 84.8 Å². The molecule has 2 aliphatic heterocycles. The molecule has 0 N–H and O–H groups in total.